The Morgan fingerprint density at radius 1 is 1.37 bits per heavy atom. The van der Waals surface area contributed by atoms with Crippen molar-refractivity contribution in [2.75, 3.05) is 6.61 Å². The van der Waals surface area contributed by atoms with E-state index in [1.165, 1.54) is 24.0 Å². The molecule has 1 aliphatic carbocycles. The number of benzene rings is 1. The van der Waals surface area contributed by atoms with Crippen molar-refractivity contribution in [1.82, 2.24) is 5.32 Å². The molecule has 3 nitrogen and oxygen atoms in total. The summed E-state index contributed by atoms with van der Waals surface area (Å²) in [5, 5.41) is 12.7. The minimum absolute atomic E-state index is 0.471. The van der Waals surface area contributed by atoms with E-state index in [2.05, 4.69) is 31.3 Å². The van der Waals surface area contributed by atoms with Gasteiger partial charge in [-0.15, -0.1) is 0 Å². The van der Waals surface area contributed by atoms with E-state index in [9.17, 15) is 5.26 Å². The van der Waals surface area contributed by atoms with Gasteiger partial charge in [-0.2, -0.15) is 5.26 Å². The van der Waals surface area contributed by atoms with Gasteiger partial charge in [-0.1, -0.05) is 6.07 Å². The molecule has 1 aliphatic rings. The van der Waals surface area contributed by atoms with E-state index in [-0.39, 0.29) is 0 Å². The third-order valence-electron chi connectivity index (χ3n) is 3.70. The zero-order chi connectivity index (χ0) is 13.9. The van der Waals surface area contributed by atoms with Gasteiger partial charge in [0.15, 0.2) is 0 Å². The number of ether oxygens (including phenoxy) is 1. The van der Waals surface area contributed by atoms with Crippen LogP contribution in [-0.4, -0.2) is 18.2 Å². The predicted octanol–water partition coefficient (Wildman–Crippen LogP) is 3.11. The first-order valence-electron chi connectivity index (χ1n) is 6.91. The van der Waals surface area contributed by atoms with Crippen LogP contribution in [-0.2, 0) is 0 Å². The maximum Gasteiger partial charge on any atom is 0.119 e. The largest absolute Gasteiger partial charge is 0.493 e. The van der Waals surface area contributed by atoms with Crippen LogP contribution in [0.2, 0.25) is 0 Å². The molecule has 1 unspecified atom stereocenters. The molecule has 2 rings (SSSR count). The van der Waals surface area contributed by atoms with Crippen molar-refractivity contribution in [3.05, 3.63) is 29.3 Å². The van der Waals surface area contributed by atoms with Crippen molar-refractivity contribution in [2.45, 2.75) is 51.6 Å². The van der Waals surface area contributed by atoms with Gasteiger partial charge in [-0.05, 0) is 56.9 Å². The standard InChI is InChI=1S/C16H22N2O/c1-12-4-7-15(10-13(12)2)19-9-8-16(3,11-17)18-14-5-6-14/h4,7,10,14,18H,5-6,8-9H2,1-3H3. The zero-order valence-corrected chi connectivity index (χ0v) is 12.0. The van der Waals surface area contributed by atoms with E-state index in [4.69, 9.17) is 4.74 Å². The summed E-state index contributed by atoms with van der Waals surface area (Å²) < 4.78 is 5.75. The van der Waals surface area contributed by atoms with Crippen LogP contribution in [0.25, 0.3) is 0 Å². The Labute approximate surface area is 115 Å². The number of nitrogens with zero attached hydrogens (tertiary/aromatic N) is 1. The van der Waals surface area contributed by atoms with Gasteiger partial charge in [-0.3, -0.25) is 5.32 Å². The highest BCUT2D eigenvalue weighted by atomic mass is 16.5. The lowest BCUT2D eigenvalue weighted by Gasteiger charge is -2.23. The van der Waals surface area contributed by atoms with Crippen LogP contribution in [0.15, 0.2) is 18.2 Å². The van der Waals surface area contributed by atoms with E-state index in [1.807, 2.05) is 19.1 Å². The summed E-state index contributed by atoms with van der Waals surface area (Å²) in [7, 11) is 0. The first-order valence-corrected chi connectivity index (χ1v) is 6.91. The predicted molar refractivity (Wildman–Crippen MR) is 76.2 cm³/mol. The van der Waals surface area contributed by atoms with E-state index in [0.717, 1.165) is 5.75 Å². The average Bonchev–Trinajstić information content (AvgIpc) is 3.17. The third-order valence-corrected chi connectivity index (χ3v) is 3.70. The van der Waals surface area contributed by atoms with Crippen molar-refractivity contribution in [1.29, 1.82) is 5.26 Å². The van der Waals surface area contributed by atoms with Crippen molar-refractivity contribution >= 4 is 0 Å². The van der Waals surface area contributed by atoms with Crippen molar-refractivity contribution in [2.24, 2.45) is 0 Å². The van der Waals surface area contributed by atoms with Gasteiger partial charge in [0, 0.05) is 12.5 Å². The monoisotopic (exact) mass is 258 g/mol. The molecule has 0 bridgehead atoms. The van der Waals surface area contributed by atoms with Crippen LogP contribution in [0.1, 0.15) is 37.3 Å². The Bertz CT molecular complexity index is 488. The molecule has 1 N–H and O–H groups in total. The lowest BCUT2D eigenvalue weighted by molar-refractivity contribution is 0.266. The molecule has 19 heavy (non-hydrogen) atoms. The van der Waals surface area contributed by atoms with Gasteiger partial charge in [0.05, 0.1) is 12.7 Å². The fraction of sp³-hybridized carbons (Fsp3) is 0.562. The summed E-state index contributed by atoms with van der Waals surface area (Å²) >= 11 is 0. The minimum Gasteiger partial charge on any atom is -0.493 e. The molecule has 0 saturated heterocycles. The van der Waals surface area contributed by atoms with Crippen LogP contribution in [0.3, 0.4) is 0 Å². The smallest absolute Gasteiger partial charge is 0.119 e. The Morgan fingerprint density at radius 2 is 2.11 bits per heavy atom. The van der Waals surface area contributed by atoms with Crippen LogP contribution < -0.4 is 10.1 Å². The molecule has 0 aromatic heterocycles. The normalized spacial score (nSPS) is 17.6. The lowest BCUT2D eigenvalue weighted by Crippen LogP contribution is -2.43. The van der Waals surface area contributed by atoms with Crippen LogP contribution in [0.5, 0.6) is 5.75 Å². The molecule has 0 spiro atoms. The average molecular weight is 258 g/mol. The first kappa shape index (κ1) is 13.9. The molecule has 1 aromatic rings. The molecule has 0 radical (unpaired) electrons. The van der Waals surface area contributed by atoms with Crippen LogP contribution in [0.4, 0.5) is 0 Å². The highest BCUT2D eigenvalue weighted by molar-refractivity contribution is 5.33. The highest BCUT2D eigenvalue weighted by Gasteiger charge is 2.32. The van der Waals surface area contributed by atoms with E-state index in [1.54, 1.807) is 0 Å². The summed E-state index contributed by atoms with van der Waals surface area (Å²) in [6.07, 6.45) is 3.08. The van der Waals surface area contributed by atoms with Crippen molar-refractivity contribution in [3.8, 4) is 11.8 Å². The lowest BCUT2D eigenvalue weighted by atomic mass is 10.0. The summed E-state index contributed by atoms with van der Waals surface area (Å²) in [4.78, 5) is 0. The molecule has 1 fully saturated rings. The molecule has 102 valence electrons. The SMILES string of the molecule is Cc1ccc(OCCC(C)(C#N)NC2CC2)cc1C. The Hall–Kier alpha value is -1.53. The van der Waals surface area contributed by atoms with Crippen molar-refractivity contribution in [3.63, 3.8) is 0 Å². The summed E-state index contributed by atoms with van der Waals surface area (Å²) in [5.74, 6) is 0.884. The molecule has 1 saturated carbocycles. The molecule has 1 aromatic carbocycles. The van der Waals surface area contributed by atoms with Gasteiger partial charge < -0.3 is 4.74 Å². The van der Waals surface area contributed by atoms with Gasteiger partial charge in [0.1, 0.15) is 11.3 Å². The van der Waals surface area contributed by atoms with E-state index in [0.29, 0.717) is 19.1 Å². The maximum absolute atomic E-state index is 9.27. The highest BCUT2D eigenvalue weighted by Crippen LogP contribution is 2.24. The quantitative estimate of drug-likeness (QED) is 0.852. The summed E-state index contributed by atoms with van der Waals surface area (Å²) in [5.41, 5.74) is 2.03. The number of nitriles is 1. The molecular weight excluding hydrogens is 236 g/mol. The second kappa shape index (κ2) is 5.63. The number of rotatable bonds is 6. The number of hydrogen-bond donors (Lipinski definition) is 1. The first-order chi connectivity index (χ1) is 9.02. The molecule has 3 heteroatoms. The van der Waals surface area contributed by atoms with Crippen molar-refractivity contribution < 1.29 is 4.74 Å². The second-order valence-electron chi connectivity index (χ2n) is 5.71. The topological polar surface area (TPSA) is 45.0 Å². The Kier molecular flexibility index (Phi) is 4.11. The zero-order valence-electron chi connectivity index (χ0n) is 12.0. The maximum atomic E-state index is 9.27. The van der Waals surface area contributed by atoms with Gasteiger partial charge >= 0.3 is 0 Å². The third kappa shape index (κ3) is 3.97. The van der Waals surface area contributed by atoms with Crippen LogP contribution in [0, 0.1) is 25.2 Å². The number of nitrogens with one attached hydrogen (secondary N) is 1. The Balaban J connectivity index is 1.84. The van der Waals surface area contributed by atoms with Gasteiger partial charge in [0.25, 0.3) is 0 Å². The molecule has 0 aliphatic heterocycles. The summed E-state index contributed by atoms with van der Waals surface area (Å²) in [6, 6.07) is 9.00. The molecular formula is C16H22N2O. The Morgan fingerprint density at radius 3 is 2.68 bits per heavy atom. The number of hydrogen-bond acceptors (Lipinski definition) is 3. The van der Waals surface area contributed by atoms with Gasteiger partial charge in [-0.25, -0.2) is 0 Å². The minimum atomic E-state index is -0.471. The fourth-order valence-electron chi connectivity index (χ4n) is 2.02. The van der Waals surface area contributed by atoms with Gasteiger partial charge in [0.2, 0.25) is 0 Å². The van der Waals surface area contributed by atoms with Crippen LogP contribution >= 0.6 is 0 Å². The van der Waals surface area contributed by atoms with E-state index < -0.39 is 5.54 Å². The molecule has 0 heterocycles. The number of aryl methyl sites for hydroxylation is 2. The molecule has 0 amide bonds. The summed E-state index contributed by atoms with van der Waals surface area (Å²) in [6.45, 7) is 6.68. The van der Waals surface area contributed by atoms with E-state index >= 15 is 0 Å². The molecule has 1 atom stereocenters. The second-order valence-corrected chi connectivity index (χ2v) is 5.71. The fourth-order valence-corrected chi connectivity index (χ4v) is 2.02.